The Morgan fingerprint density at radius 2 is 2.06 bits per heavy atom. The molecule has 0 fully saturated rings. The van der Waals surface area contributed by atoms with Gasteiger partial charge < -0.3 is 9.88 Å². The average molecular weight is 239 g/mol. The molecular weight excluding hydrogens is 222 g/mol. The molecule has 6 nitrogen and oxygen atoms in total. The molecule has 0 atom stereocenters. The summed E-state index contributed by atoms with van der Waals surface area (Å²) in [6.45, 7) is 3.81. The highest BCUT2D eigenvalue weighted by Gasteiger charge is 2.07. The van der Waals surface area contributed by atoms with Gasteiger partial charge in [-0.25, -0.2) is 4.79 Å². The first-order valence-corrected chi connectivity index (χ1v) is 5.47. The number of hydrogen-bond donors (Lipinski definition) is 1. The Morgan fingerprint density at radius 3 is 2.65 bits per heavy atom. The molecule has 1 rings (SSSR count). The van der Waals surface area contributed by atoms with Gasteiger partial charge in [0.05, 0.1) is 0 Å². The summed E-state index contributed by atoms with van der Waals surface area (Å²) in [5.74, 6) is -0.169. The van der Waals surface area contributed by atoms with Crippen molar-refractivity contribution in [3.8, 4) is 0 Å². The topological polar surface area (TPSA) is 73.1 Å². The molecule has 0 radical (unpaired) electrons. The molecule has 1 aromatic rings. The van der Waals surface area contributed by atoms with Crippen LogP contribution in [0.25, 0.3) is 0 Å². The van der Waals surface area contributed by atoms with E-state index in [-0.39, 0.29) is 30.5 Å². The third-order valence-electron chi connectivity index (χ3n) is 2.25. The number of amides is 1. The zero-order valence-electron chi connectivity index (χ0n) is 10.3. The summed E-state index contributed by atoms with van der Waals surface area (Å²) >= 11 is 0. The Labute approximate surface area is 98.9 Å². The van der Waals surface area contributed by atoms with Gasteiger partial charge in [-0.05, 0) is 13.8 Å². The maximum absolute atomic E-state index is 11.6. The molecule has 0 aliphatic heterocycles. The number of carbonyl (C=O) groups excluding carboxylic acids is 1. The van der Waals surface area contributed by atoms with Crippen LogP contribution in [0.5, 0.6) is 0 Å². The van der Waals surface area contributed by atoms with Gasteiger partial charge in [-0.15, -0.1) is 0 Å². The van der Waals surface area contributed by atoms with Crippen LogP contribution in [-0.4, -0.2) is 21.1 Å². The highest BCUT2D eigenvalue weighted by Crippen LogP contribution is 1.86. The van der Waals surface area contributed by atoms with E-state index in [2.05, 4.69) is 5.32 Å². The van der Waals surface area contributed by atoms with Crippen molar-refractivity contribution < 1.29 is 4.79 Å². The Hall–Kier alpha value is -1.85. The molecule has 1 N–H and O–H groups in total. The molecule has 1 heterocycles. The number of carbonyl (C=O) groups is 1. The Balaban J connectivity index is 2.77. The van der Waals surface area contributed by atoms with Crippen molar-refractivity contribution in [2.75, 3.05) is 0 Å². The molecule has 94 valence electrons. The lowest BCUT2D eigenvalue weighted by molar-refractivity contribution is -0.121. The van der Waals surface area contributed by atoms with E-state index in [1.54, 1.807) is 7.05 Å². The highest BCUT2D eigenvalue weighted by molar-refractivity contribution is 5.76. The van der Waals surface area contributed by atoms with Crippen molar-refractivity contribution in [3.05, 3.63) is 33.1 Å². The minimum Gasteiger partial charge on any atom is -0.354 e. The second-order valence-corrected chi connectivity index (χ2v) is 4.17. The molecule has 0 aromatic carbocycles. The van der Waals surface area contributed by atoms with Crippen LogP contribution in [0.1, 0.15) is 20.3 Å². The van der Waals surface area contributed by atoms with Crippen LogP contribution >= 0.6 is 0 Å². The standard InChI is InChI=1S/C11H17N3O3/c1-8(2)12-9(15)4-7-14-10(16)5-6-13(3)11(14)17/h5-6,8H,4,7H2,1-3H3,(H,12,15). The molecule has 0 aliphatic rings. The van der Waals surface area contributed by atoms with Crippen molar-refractivity contribution in [1.29, 1.82) is 0 Å². The van der Waals surface area contributed by atoms with Gasteiger partial charge in [0.2, 0.25) is 5.91 Å². The lowest BCUT2D eigenvalue weighted by Crippen LogP contribution is -2.39. The van der Waals surface area contributed by atoms with Gasteiger partial charge in [-0.2, -0.15) is 0 Å². The number of aryl methyl sites for hydroxylation is 1. The zero-order chi connectivity index (χ0) is 13.0. The van der Waals surface area contributed by atoms with Crippen LogP contribution in [0.4, 0.5) is 0 Å². The Morgan fingerprint density at radius 1 is 1.41 bits per heavy atom. The van der Waals surface area contributed by atoms with E-state index in [4.69, 9.17) is 0 Å². The monoisotopic (exact) mass is 239 g/mol. The van der Waals surface area contributed by atoms with Crippen molar-refractivity contribution >= 4 is 5.91 Å². The van der Waals surface area contributed by atoms with E-state index in [1.807, 2.05) is 13.8 Å². The third kappa shape index (κ3) is 3.58. The lowest BCUT2D eigenvalue weighted by Gasteiger charge is -2.09. The fraction of sp³-hybridized carbons (Fsp3) is 0.545. The van der Waals surface area contributed by atoms with Crippen molar-refractivity contribution in [3.63, 3.8) is 0 Å². The van der Waals surface area contributed by atoms with Crippen molar-refractivity contribution in [2.24, 2.45) is 7.05 Å². The lowest BCUT2D eigenvalue weighted by atomic mass is 10.3. The summed E-state index contributed by atoms with van der Waals surface area (Å²) in [7, 11) is 1.56. The molecule has 1 amide bonds. The first kappa shape index (κ1) is 13.2. The summed E-state index contributed by atoms with van der Waals surface area (Å²) in [5, 5.41) is 2.70. The van der Waals surface area contributed by atoms with E-state index >= 15 is 0 Å². The van der Waals surface area contributed by atoms with Crippen LogP contribution in [0, 0.1) is 0 Å². The minimum absolute atomic E-state index is 0.0535. The first-order valence-electron chi connectivity index (χ1n) is 5.47. The second kappa shape index (κ2) is 5.47. The molecular formula is C11H17N3O3. The maximum atomic E-state index is 11.6. The normalized spacial score (nSPS) is 10.6. The van der Waals surface area contributed by atoms with Crippen LogP contribution in [0.3, 0.4) is 0 Å². The molecule has 1 aromatic heterocycles. The predicted molar refractivity (Wildman–Crippen MR) is 63.8 cm³/mol. The Bertz CT molecular complexity index is 513. The molecule has 0 saturated carbocycles. The van der Waals surface area contributed by atoms with E-state index in [0.29, 0.717) is 0 Å². The third-order valence-corrected chi connectivity index (χ3v) is 2.25. The maximum Gasteiger partial charge on any atom is 0.330 e. The van der Waals surface area contributed by atoms with Gasteiger partial charge in [0.15, 0.2) is 0 Å². The number of nitrogens with one attached hydrogen (secondary N) is 1. The van der Waals surface area contributed by atoms with E-state index in [9.17, 15) is 14.4 Å². The zero-order valence-corrected chi connectivity index (χ0v) is 10.3. The summed E-state index contributed by atoms with van der Waals surface area (Å²) in [5.41, 5.74) is -0.791. The fourth-order valence-corrected chi connectivity index (χ4v) is 1.43. The molecule has 0 unspecified atom stereocenters. The van der Waals surface area contributed by atoms with E-state index in [0.717, 1.165) is 4.57 Å². The number of aromatic nitrogens is 2. The summed E-state index contributed by atoms with van der Waals surface area (Å²) in [6, 6.07) is 1.36. The van der Waals surface area contributed by atoms with Crippen LogP contribution in [-0.2, 0) is 18.4 Å². The van der Waals surface area contributed by atoms with Gasteiger partial charge in [0.25, 0.3) is 5.56 Å². The first-order chi connectivity index (χ1) is 7.91. The van der Waals surface area contributed by atoms with E-state index < -0.39 is 5.69 Å². The van der Waals surface area contributed by atoms with Crippen LogP contribution in [0.2, 0.25) is 0 Å². The molecule has 6 heteroatoms. The van der Waals surface area contributed by atoms with Crippen LogP contribution in [0.15, 0.2) is 21.9 Å². The summed E-state index contributed by atoms with van der Waals surface area (Å²) in [6.07, 6.45) is 1.53. The van der Waals surface area contributed by atoms with Gasteiger partial charge in [-0.3, -0.25) is 14.2 Å². The predicted octanol–water partition coefficient (Wildman–Crippen LogP) is -0.538. The number of nitrogens with zero attached hydrogens (tertiary/aromatic N) is 2. The minimum atomic E-state index is -0.408. The van der Waals surface area contributed by atoms with Crippen molar-refractivity contribution in [1.82, 2.24) is 14.5 Å². The molecule has 0 saturated heterocycles. The molecule has 0 spiro atoms. The average Bonchev–Trinajstić information content (AvgIpc) is 2.23. The molecule has 0 aliphatic carbocycles. The van der Waals surface area contributed by atoms with Crippen molar-refractivity contribution in [2.45, 2.75) is 32.9 Å². The SMILES string of the molecule is CC(C)NC(=O)CCn1c(=O)ccn(C)c1=O. The van der Waals surface area contributed by atoms with E-state index in [1.165, 1.54) is 16.8 Å². The largest absolute Gasteiger partial charge is 0.354 e. The molecule has 17 heavy (non-hydrogen) atoms. The summed E-state index contributed by atoms with van der Waals surface area (Å²) < 4.78 is 2.36. The smallest absolute Gasteiger partial charge is 0.330 e. The van der Waals surface area contributed by atoms with Gasteiger partial charge in [0, 0.05) is 38.3 Å². The van der Waals surface area contributed by atoms with Gasteiger partial charge in [-0.1, -0.05) is 0 Å². The van der Waals surface area contributed by atoms with Crippen LogP contribution < -0.4 is 16.6 Å². The fourth-order valence-electron chi connectivity index (χ4n) is 1.43. The molecule has 0 bridgehead atoms. The quantitative estimate of drug-likeness (QED) is 0.767. The highest BCUT2D eigenvalue weighted by atomic mass is 16.2. The summed E-state index contributed by atoms with van der Waals surface area (Å²) in [4.78, 5) is 34.5. The second-order valence-electron chi connectivity index (χ2n) is 4.17. The van der Waals surface area contributed by atoms with Gasteiger partial charge >= 0.3 is 5.69 Å². The number of rotatable bonds is 4. The van der Waals surface area contributed by atoms with Gasteiger partial charge in [0.1, 0.15) is 0 Å². The Kier molecular flexibility index (Phi) is 4.25. The number of hydrogen-bond acceptors (Lipinski definition) is 3.